The molecule has 0 unspecified atom stereocenters. The average molecular weight is 478 g/mol. The third kappa shape index (κ3) is 4.85. The molecule has 176 valence electrons. The Balaban J connectivity index is 1.74. The summed E-state index contributed by atoms with van der Waals surface area (Å²) in [7, 11) is -1.96. The molecule has 1 amide bonds. The van der Waals surface area contributed by atoms with Gasteiger partial charge in [0.25, 0.3) is 5.91 Å². The summed E-state index contributed by atoms with van der Waals surface area (Å²) in [6, 6.07) is 17.5. The number of fused-ring (bicyclic) bond motifs is 1. The highest BCUT2D eigenvalue weighted by Gasteiger charge is 2.23. The summed E-state index contributed by atoms with van der Waals surface area (Å²) < 4.78 is 29.7. The van der Waals surface area contributed by atoms with E-state index in [0.717, 1.165) is 5.56 Å². The van der Waals surface area contributed by atoms with Crippen LogP contribution >= 0.6 is 0 Å². The molecule has 0 saturated heterocycles. The number of carbonyl (C=O) groups excluding carboxylic acids is 1. The van der Waals surface area contributed by atoms with Crippen molar-refractivity contribution in [2.24, 2.45) is 7.05 Å². The molecule has 34 heavy (non-hydrogen) atoms. The van der Waals surface area contributed by atoms with Crippen LogP contribution in [0.5, 0.6) is 0 Å². The predicted molar refractivity (Wildman–Crippen MR) is 133 cm³/mol. The minimum Gasteiger partial charge on any atom is -0.322 e. The van der Waals surface area contributed by atoms with Crippen molar-refractivity contribution in [1.82, 2.24) is 19.5 Å². The third-order valence-corrected chi connectivity index (χ3v) is 6.88. The van der Waals surface area contributed by atoms with Crippen LogP contribution in [0.4, 0.5) is 5.69 Å². The van der Waals surface area contributed by atoms with Crippen LogP contribution in [0, 0.1) is 6.92 Å². The van der Waals surface area contributed by atoms with E-state index in [-0.39, 0.29) is 10.8 Å². The van der Waals surface area contributed by atoms with Gasteiger partial charge in [0.1, 0.15) is 0 Å². The number of aryl methyl sites for hydroxylation is 2. The van der Waals surface area contributed by atoms with Gasteiger partial charge in [0.2, 0.25) is 10.0 Å². The van der Waals surface area contributed by atoms with Gasteiger partial charge >= 0.3 is 0 Å². The minimum atomic E-state index is -3.75. The molecule has 4 aromatic rings. The molecule has 0 aliphatic carbocycles. The number of aromatic nitrogens is 3. The van der Waals surface area contributed by atoms with Gasteiger partial charge in [-0.2, -0.15) is 5.10 Å². The highest BCUT2D eigenvalue weighted by Crippen LogP contribution is 2.28. The van der Waals surface area contributed by atoms with E-state index in [2.05, 4.69) is 15.1 Å². The number of nitrogens with one attached hydrogen (secondary N) is 2. The number of hydrogen-bond donors (Lipinski definition) is 2. The van der Waals surface area contributed by atoms with Crippen LogP contribution in [0.25, 0.3) is 22.3 Å². The monoisotopic (exact) mass is 477 g/mol. The van der Waals surface area contributed by atoms with Crippen LogP contribution in [0.15, 0.2) is 65.6 Å². The van der Waals surface area contributed by atoms with Crippen molar-refractivity contribution in [2.45, 2.75) is 38.1 Å². The zero-order valence-electron chi connectivity index (χ0n) is 19.7. The number of amides is 1. The van der Waals surface area contributed by atoms with E-state index >= 15 is 0 Å². The van der Waals surface area contributed by atoms with Crippen molar-refractivity contribution in [3.8, 4) is 11.3 Å². The molecule has 2 aromatic carbocycles. The van der Waals surface area contributed by atoms with E-state index < -0.39 is 15.6 Å². The van der Waals surface area contributed by atoms with Crippen LogP contribution in [0.3, 0.4) is 0 Å². The summed E-state index contributed by atoms with van der Waals surface area (Å²) in [4.78, 5) is 18.2. The number of pyridine rings is 1. The zero-order chi connectivity index (χ0) is 24.7. The second-order valence-corrected chi connectivity index (χ2v) is 10.8. The Hall–Kier alpha value is -3.56. The number of hydrogen-bond acceptors (Lipinski definition) is 5. The van der Waals surface area contributed by atoms with E-state index in [1.165, 1.54) is 12.1 Å². The first-order valence-corrected chi connectivity index (χ1v) is 12.3. The number of anilines is 1. The van der Waals surface area contributed by atoms with Gasteiger partial charge in [0, 0.05) is 23.8 Å². The molecule has 0 radical (unpaired) electrons. The molecular formula is C25H27N5O3S. The largest absolute Gasteiger partial charge is 0.322 e. The lowest BCUT2D eigenvalue weighted by Crippen LogP contribution is -2.40. The smallest absolute Gasteiger partial charge is 0.256 e. The third-order valence-electron chi connectivity index (χ3n) is 5.13. The first kappa shape index (κ1) is 23.6. The van der Waals surface area contributed by atoms with Crippen LogP contribution < -0.4 is 10.0 Å². The molecule has 2 aromatic heterocycles. The lowest BCUT2D eigenvalue weighted by atomic mass is 10.0. The maximum atomic E-state index is 13.4. The van der Waals surface area contributed by atoms with Crippen LogP contribution in [0.1, 0.15) is 36.8 Å². The van der Waals surface area contributed by atoms with Crippen molar-refractivity contribution < 1.29 is 13.2 Å². The fraction of sp³-hybridized carbons (Fsp3) is 0.240. The summed E-state index contributed by atoms with van der Waals surface area (Å²) in [6.45, 7) is 7.14. The van der Waals surface area contributed by atoms with Gasteiger partial charge in [0.05, 0.1) is 27.2 Å². The molecule has 0 bridgehead atoms. The molecule has 0 atom stereocenters. The van der Waals surface area contributed by atoms with Gasteiger partial charge in [-0.25, -0.2) is 18.1 Å². The molecule has 9 heteroatoms. The minimum absolute atomic E-state index is 0.0719. The molecular weight excluding hydrogens is 450 g/mol. The van der Waals surface area contributed by atoms with E-state index in [9.17, 15) is 13.2 Å². The Labute approximate surface area is 199 Å². The summed E-state index contributed by atoms with van der Waals surface area (Å²) in [5.41, 5.74) is 2.94. The number of sulfonamides is 1. The van der Waals surface area contributed by atoms with Crippen molar-refractivity contribution in [3.63, 3.8) is 0 Å². The van der Waals surface area contributed by atoms with Gasteiger partial charge in [-0.05, 0) is 52.0 Å². The first-order valence-electron chi connectivity index (χ1n) is 10.8. The highest BCUT2D eigenvalue weighted by molar-refractivity contribution is 7.89. The Kier molecular flexibility index (Phi) is 6.01. The molecule has 4 rings (SSSR count). The topological polar surface area (TPSA) is 106 Å². The zero-order valence-corrected chi connectivity index (χ0v) is 20.6. The van der Waals surface area contributed by atoms with Crippen LogP contribution in [-0.2, 0) is 17.1 Å². The van der Waals surface area contributed by atoms with Gasteiger partial charge in [-0.3, -0.25) is 9.48 Å². The van der Waals surface area contributed by atoms with Gasteiger partial charge in [-0.1, -0.05) is 36.4 Å². The summed E-state index contributed by atoms with van der Waals surface area (Å²) >= 11 is 0. The number of nitrogens with zero attached hydrogens (tertiary/aromatic N) is 3. The van der Waals surface area contributed by atoms with E-state index in [4.69, 9.17) is 4.98 Å². The number of benzene rings is 2. The van der Waals surface area contributed by atoms with Gasteiger partial charge in [-0.15, -0.1) is 0 Å². The van der Waals surface area contributed by atoms with Crippen molar-refractivity contribution in [1.29, 1.82) is 0 Å². The van der Waals surface area contributed by atoms with E-state index in [1.807, 2.05) is 37.3 Å². The quantitative estimate of drug-likeness (QED) is 0.446. The first-order chi connectivity index (χ1) is 15.9. The normalized spacial score (nSPS) is 12.1. The SMILES string of the molecule is Cc1nn(C)c2nc(-c3ccccc3)cc(C(=O)Nc3cccc(S(=O)(=O)NC(C)(C)C)c3)c12. The summed E-state index contributed by atoms with van der Waals surface area (Å²) in [5, 5.41) is 7.94. The Bertz CT molecular complexity index is 1490. The maximum Gasteiger partial charge on any atom is 0.256 e. The lowest BCUT2D eigenvalue weighted by Gasteiger charge is -2.20. The number of carbonyl (C=O) groups is 1. The summed E-state index contributed by atoms with van der Waals surface area (Å²) in [5.74, 6) is -0.376. The second-order valence-electron chi connectivity index (χ2n) is 9.17. The van der Waals surface area contributed by atoms with E-state index in [1.54, 1.807) is 50.7 Å². The molecule has 0 aliphatic rings. The van der Waals surface area contributed by atoms with E-state index in [0.29, 0.717) is 33.7 Å². The Morgan fingerprint density at radius 1 is 1.00 bits per heavy atom. The van der Waals surface area contributed by atoms with Crippen LogP contribution in [-0.4, -0.2) is 34.6 Å². The van der Waals surface area contributed by atoms with Crippen molar-refractivity contribution >= 4 is 32.7 Å². The maximum absolute atomic E-state index is 13.4. The molecule has 2 N–H and O–H groups in total. The van der Waals surface area contributed by atoms with Gasteiger partial charge < -0.3 is 5.32 Å². The standard InChI is InChI=1S/C25H27N5O3S/c1-16-22-20(15-21(17-10-7-6-8-11-17)27-23(22)30(5)28-16)24(31)26-18-12-9-13-19(14-18)34(32,33)29-25(2,3)4/h6-15,29H,1-5H3,(H,26,31). The molecule has 0 fully saturated rings. The van der Waals surface area contributed by atoms with Crippen molar-refractivity contribution in [3.05, 3.63) is 71.9 Å². The van der Waals surface area contributed by atoms with Gasteiger partial charge in [0.15, 0.2) is 5.65 Å². The molecule has 8 nitrogen and oxygen atoms in total. The molecule has 0 spiro atoms. The molecule has 0 saturated carbocycles. The molecule has 0 aliphatic heterocycles. The van der Waals surface area contributed by atoms with Crippen LogP contribution in [0.2, 0.25) is 0 Å². The Morgan fingerprint density at radius 2 is 1.71 bits per heavy atom. The molecule has 2 heterocycles. The fourth-order valence-electron chi connectivity index (χ4n) is 3.78. The highest BCUT2D eigenvalue weighted by atomic mass is 32.2. The number of rotatable bonds is 5. The van der Waals surface area contributed by atoms with Crippen molar-refractivity contribution in [2.75, 3.05) is 5.32 Å². The average Bonchev–Trinajstić information content (AvgIpc) is 3.06. The summed E-state index contributed by atoms with van der Waals surface area (Å²) in [6.07, 6.45) is 0. The fourth-order valence-corrected chi connectivity index (χ4v) is 5.25. The predicted octanol–water partition coefficient (Wildman–Crippen LogP) is 4.27. The lowest BCUT2D eigenvalue weighted by molar-refractivity contribution is 0.102. The Morgan fingerprint density at radius 3 is 2.38 bits per heavy atom. The second kappa shape index (κ2) is 8.66.